The number of unbranched alkanes of at least 4 members (excludes halogenated alkanes) is 51. The molecule has 0 rings (SSSR count). The van der Waals surface area contributed by atoms with Gasteiger partial charge in [0.25, 0.3) is 0 Å². The van der Waals surface area contributed by atoms with Gasteiger partial charge in [0.15, 0.2) is 12.2 Å². The number of hydrogen-bond acceptors (Lipinski definition) is 15. The summed E-state index contributed by atoms with van der Waals surface area (Å²) in [6, 6.07) is 0. The summed E-state index contributed by atoms with van der Waals surface area (Å²) in [7, 11) is -9.92. The zero-order chi connectivity index (χ0) is 74.2. The smallest absolute Gasteiger partial charge is 0.462 e. The summed E-state index contributed by atoms with van der Waals surface area (Å²) in [5.74, 6) is -0.617. The Kier molecular flexibility index (Phi) is 72.2. The Labute approximate surface area is 619 Å². The molecular weight excluding hydrogens is 1320 g/mol. The SMILES string of the molecule is CCCCCCCCCCCCCCCCCCCCCCCC(=O)O[C@H](COC(=O)CCCCCCCCCCCCCCCCC)COP(=O)(O)OC[C@@H](O)COP(=O)(O)OC[C@@H](COC(=O)CCCCCCCCCCC(C)C)OC(=O)CCCCCCCCCCCCCC(C)C. The quantitative estimate of drug-likeness (QED) is 0.0222. The van der Waals surface area contributed by atoms with Gasteiger partial charge in [0.05, 0.1) is 26.4 Å². The highest BCUT2D eigenvalue weighted by molar-refractivity contribution is 7.47. The second-order valence-corrected chi connectivity index (χ2v) is 33.4. The monoisotopic (exact) mass is 1480 g/mol. The molecule has 0 saturated carbocycles. The fraction of sp³-hybridized carbons (Fsp3) is 0.951. The van der Waals surface area contributed by atoms with Crippen LogP contribution in [0.4, 0.5) is 0 Å². The molecule has 5 atom stereocenters. The lowest BCUT2D eigenvalue weighted by Gasteiger charge is -2.21. The van der Waals surface area contributed by atoms with Crippen LogP contribution in [-0.4, -0.2) is 96.7 Å². The predicted molar refractivity (Wildman–Crippen MR) is 414 cm³/mol. The highest BCUT2D eigenvalue weighted by atomic mass is 31.2. The Morgan fingerprint density at radius 2 is 0.455 bits per heavy atom. The van der Waals surface area contributed by atoms with Gasteiger partial charge >= 0.3 is 39.5 Å². The fourth-order valence-corrected chi connectivity index (χ4v) is 14.3. The Bertz CT molecular complexity index is 1940. The van der Waals surface area contributed by atoms with E-state index in [-0.39, 0.29) is 25.7 Å². The van der Waals surface area contributed by atoms with Crippen LogP contribution in [0.2, 0.25) is 0 Å². The third-order valence-corrected chi connectivity index (χ3v) is 21.1. The Morgan fingerprint density at radius 1 is 0.267 bits per heavy atom. The largest absolute Gasteiger partial charge is 0.472 e. The Hall–Kier alpha value is -1.94. The van der Waals surface area contributed by atoms with Crippen molar-refractivity contribution < 1.29 is 80.2 Å². The van der Waals surface area contributed by atoms with E-state index in [0.29, 0.717) is 25.7 Å². The van der Waals surface area contributed by atoms with E-state index in [0.717, 1.165) is 102 Å². The van der Waals surface area contributed by atoms with E-state index in [2.05, 4.69) is 41.5 Å². The molecule has 2 unspecified atom stereocenters. The van der Waals surface area contributed by atoms with Gasteiger partial charge in [-0.3, -0.25) is 37.3 Å². The van der Waals surface area contributed by atoms with Crippen LogP contribution in [0.15, 0.2) is 0 Å². The van der Waals surface area contributed by atoms with Gasteiger partial charge in [0, 0.05) is 25.7 Å². The van der Waals surface area contributed by atoms with Crippen molar-refractivity contribution in [3.63, 3.8) is 0 Å². The minimum absolute atomic E-state index is 0.106. The van der Waals surface area contributed by atoms with E-state index < -0.39 is 97.5 Å². The van der Waals surface area contributed by atoms with Crippen molar-refractivity contribution in [3.05, 3.63) is 0 Å². The van der Waals surface area contributed by atoms with Gasteiger partial charge in [0.1, 0.15) is 19.3 Å². The maximum atomic E-state index is 13.1. The molecule has 0 aliphatic heterocycles. The summed E-state index contributed by atoms with van der Waals surface area (Å²) in [6.07, 6.45) is 63.9. The average Bonchev–Trinajstić information content (AvgIpc) is 1.53. The summed E-state index contributed by atoms with van der Waals surface area (Å²) in [5, 5.41) is 10.6. The average molecular weight is 1480 g/mol. The normalized spacial score (nSPS) is 13.9. The molecule has 0 aliphatic carbocycles. The molecule has 0 fully saturated rings. The number of carbonyl (C=O) groups excluding carboxylic acids is 4. The maximum Gasteiger partial charge on any atom is 0.472 e. The minimum Gasteiger partial charge on any atom is -0.462 e. The molecule has 101 heavy (non-hydrogen) atoms. The van der Waals surface area contributed by atoms with Crippen molar-refractivity contribution in [2.24, 2.45) is 11.8 Å². The summed E-state index contributed by atoms with van der Waals surface area (Å²) >= 11 is 0. The van der Waals surface area contributed by atoms with E-state index >= 15 is 0 Å². The van der Waals surface area contributed by atoms with Gasteiger partial charge < -0.3 is 33.8 Å². The molecule has 0 amide bonds. The van der Waals surface area contributed by atoms with Crippen molar-refractivity contribution in [1.82, 2.24) is 0 Å². The molecule has 0 heterocycles. The number of ether oxygens (including phenoxy) is 4. The van der Waals surface area contributed by atoms with Crippen molar-refractivity contribution in [2.45, 2.75) is 452 Å². The summed E-state index contributed by atoms with van der Waals surface area (Å²) < 4.78 is 68.8. The molecule has 3 N–H and O–H groups in total. The van der Waals surface area contributed by atoms with E-state index in [1.54, 1.807) is 0 Å². The first-order valence-corrected chi connectivity index (χ1v) is 45.5. The summed E-state index contributed by atoms with van der Waals surface area (Å²) in [6.45, 7) is 9.61. The molecule has 0 saturated heterocycles. The van der Waals surface area contributed by atoms with Crippen molar-refractivity contribution in [1.29, 1.82) is 0 Å². The van der Waals surface area contributed by atoms with Crippen LogP contribution in [0.5, 0.6) is 0 Å². The van der Waals surface area contributed by atoms with Crippen LogP contribution < -0.4 is 0 Å². The molecule has 17 nitrogen and oxygen atoms in total. The van der Waals surface area contributed by atoms with Crippen LogP contribution >= 0.6 is 15.6 Å². The van der Waals surface area contributed by atoms with Gasteiger partial charge in [-0.25, -0.2) is 9.13 Å². The lowest BCUT2D eigenvalue weighted by molar-refractivity contribution is -0.161. The maximum absolute atomic E-state index is 13.1. The summed E-state index contributed by atoms with van der Waals surface area (Å²) in [5.41, 5.74) is 0. The topological polar surface area (TPSA) is 237 Å². The van der Waals surface area contributed by atoms with Crippen molar-refractivity contribution in [2.75, 3.05) is 39.6 Å². The van der Waals surface area contributed by atoms with Gasteiger partial charge in [0.2, 0.25) is 0 Å². The van der Waals surface area contributed by atoms with E-state index in [1.807, 2.05) is 0 Å². The second kappa shape index (κ2) is 73.6. The predicted octanol–water partition coefficient (Wildman–Crippen LogP) is 24.7. The third-order valence-electron chi connectivity index (χ3n) is 19.2. The lowest BCUT2D eigenvalue weighted by Crippen LogP contribution is -2.30. The number of hydrogen-bond donors (Lipinski definition) is 3. The van der Waals surface area contributed by atoms with Gasteiger partial charge in [-0.2, -0.15) is 0 Å². The first kappa shape index (κ1) is 99.1. The fourth-order valence-electron chi connectivity index (χ4n) is 12.7. The van der Waals surface area contributed by atoms with Crippen LogP contribution in [0.1, 0.15) is 433 Å². The molecule has 0 aliphatic rings. The molecule has 19 heteroatoms. The van der Waals surface area contributed by atoms with Crippen molar-refractivity contribution in [3.8, 4) is 0 Å². The van der Waals surface area contributed by atoms with Gasteiger partial charge in [-0.15, -0.1) is 0 Å². The number of carbonyl (C=O) groups is 4. The first-order valence-electron chi connectivity index (χ1n) is 42.5. The molecule has 0 spiro atoms. The summed E-state index contributed by atoms with van der Waals surface area (Å²) in [4.78, 5) is 73.1. The number of esters is 4. The molecule has 0 aromatic heterocycles. The number of rotatable bonds is 81. The van der Waals surface area contributed by atoms with Crippen LogP contribution in [-0.2, 0) is 65.4 Å². The van der Waals surface area contributed by atoms with Gasteiger partial charge in [-0.05, 0) is 37.5 Å². The molecule has 0 radical (unpaired) electrons. The zero-order valence-corrected chi connectivity index (χ0v) is 68.0. The van der Waals surface area contributed by atoms with Gasteiger partial charge in [-0.1, -0.05) is 382 Å². The van der Waals surface area contributed by atoms with Crippen LogP contribution in [0.3, 0.4) is 0 Å². The second-order valence-electron chi connectivity index (χ2n) is 30.5. The molecule has 0 bridgehead atoms. The number of aliphatic hydroxyl groups excluding tert-OH is 1. The molecular formula is C82H160O17P2. The van der Waals surface area contributed by atoms with E-state index in [1.165, 1.54) is 250 Å². The number of phosphoric ester groups is 2. The molecule has 600 valence electrons. The number of phosphoric acid groups is 2. The lowest BCUT2D eigenvalue weighted by atomic mass is 10.0. The van der Waals surface area contributed by atoms with E-state index in [4.69, 9.17) is 37.0 Å². The number of aliphatic hydroxyl groups is 1. The third kappa shape index (κ3) is 76.1. The van der Waals surface area contributed by atoms with Crippen LogP contribution in [0, 0.1) is 11.8 Å². The minimum atomic E-state index is -4.96. The molecule has 0 aromatic rings. The Balaban J connectivity index is 5.23. The van der Waals surface area contributed by atoms with Crippen LogP contribution in [0.25, 0.3) is 0 Å². The first-order chi connectivity index (χ1) is 48.9. The highest BCUT2D eigenvalue weighted by Gasteiger charge is 2.30. The molecule has 0 aromatic carbocycles. The standard InChI is InChI=1S/C82H160O17P2/c1-7-9-11-13-15-17-19-21-23-24-25-26-27-28-30-32-36-40-48-54-60-66-81(86)98-77(70-92-79(84)64-58-52-46-39-35-31-29-22-20-18-16-14-12-10-8-2)72-96-100(88,89)94-68-76(83)69-95-101(90,91)97-73-78(71-93-80(85)65-59-53-47-43-42-45-51-57-63-75(5)6)99-82(87)67-61-55-49-41-37-33-34-38-44-50-56-62-74(3)4/h74-78,83H,7-73H2,1-6H3,(H,88,89)(H,90,91)/t76-,77-,78-/m1/s1. The van der Waals surface area contributed by atoms with E-state index in [9.17, 15) is 43.2 Å². The highest BCUT2D eigenvalue weighted by Crippen LogP contribution is 2.45. The zero-order valence-electron chi connectivity index (χ0n) is 66.2. The van der Waals surface area contributed by atoms with Crippen molar-refractivity contribution >= 4 is 39.5 Å². The Morgan fingerprint density at radius 3 is 0.673 bits per heavy atom.